The number of thioether (sulfide) groups is 1. The third-order valence-corrected chi connectivity index (χ3v) is 3.38. The first-order chi connectivity index (χ1) is 5.83. The molecule has 2 nitrogen and oxygen atoms in total. The standard InChI is InChI=1S/C8H11ClN2S/c1-2-3-11-8(9)6-4-12-5-7(6)10-11/h2-5H2,1H3. The molecule has 0 atom stereocenters. The van der Waals surface area contributed by atoms with Gasteiger partial charge in [0, 0.05) is 23.6 Å². The van der Waals surface area contributed by atoms with E-state index >= 15 is 0 Å². The van der Waals surface area contributed by atoms with Crippen LogP contribution in [-0.4, -0.2) is 9.78 Å². The third kappa shape index (κ3) is 1.25. The molecule has 1 aliphatic rings. The van der Waals surface area contributed by atoms with Gasteiger partial charge in [0.05, 0.1) is 5.69 Å². The van der Waals surface area contributed by atoms with Crippen LogP contribution < -0.4 is 0 Å². The molecule has 2 rings (SSSR count). The van der Waals surface area contributed by atoms with Gasteiger partial charge < -0.3 is 0 Å². The van der Waals surface area contributed by atoms with Crippen molar-refractivity contribution in [1.82, 2.24) is 9.78 Å². The SMILES string of the molecule is CCCn1nc2c(c1Cl)CSC2. The first kappa shape index (κ1) is 8.45. The molecule has 12 heavy (non-hydrogen) atoms. The van der Waals surface area contributed by atoms with Gasteiger partial charge >= 0.3 is 0 Å². The fourth-order valence-corrected chi connectivity index (χ4v) is 2.81. The second-order valence-electron chi connectivity index (χ2n) is 2.93. The topological polar surface area (TPSA) is 17.8 Å². The van der Waals surface area contributed by atoms with E-state index in [-0.39, 0.29) is 0 Å². The van der Waals surface area contributed by atoms with Crippen molar-refractivity contribution in [3.05, 3.63) is 16.4 Å². The van der Waals surface area contributed by atoms with Crippen LogP contribution >= 0.6 is 23.4 Å². The van der Waals surface area contributed by atoms with Gasteiger partial charge in [0.2, 0.25) is 0 Å². The van der Waals surface area contributed by atoms with Gasteiger partial charge in [-0.25, -0.2) is 0 Å². The average Bonchev–Trinajstić information content (AvgIpc) is 2.58. The summed E-state index contributed by atoms with van der Waals surface area (Å²) in [5.74, 6) is 2.07. The van der Waals surface area contributed by atoms with Crippen molar-refractivity contribution in [1.29, 1.82) is 0 Å². The smallest absolute Gasteiger partial charge is 0.131 e. The number of hydrogen-bond donors (Lipinski definition) is 0. The number of aryl methyl sites for hydroxylation is 1. The highest BCUT2D eigenvalue weighted by Gasteiger charge is 2.20. The molecule has 0 N–H and O–H groups in total. The highest BCUT2D eigenvalue weighted by atomic mass is 35.5. The van der Waals surface area contributed by atoms with E-state index in [9.17, 15) is 0 Å². The number of aromatic nitrogens is 2. The van der Waals surface area contributed by atoms with Crippen LogP contribution in [0.25, 0.3) is 0 Å². The van der Waals surface area contributed by atoms with Crippen molar-refractivity contribution >= 4 is 23.4 Å². The van der Waals surface area contributed by atoms with E-state index in [0.29, 0.717) is 0 Å². The van der Waals surface area contributed by atoms with Crippen LogP contribution in [0.3, 0.4) is 0 Å². The molecule has 66 valence electrons. The molecule has 0 radical (unpaired) electrons. The molecule has 1 aromatic rings. The summed E-state index contributed by atoms with van der Waals surface area (Å²) in [6.07, 6.45) is 1.09. The van der Waals surface area contributed by atoms with Crippen molar-refractivity contribution in [2.24, 2.45) is 0 Å². The predicted octanol–water partition coefficient (Wildman–Crippen LogP) is 2.69. The number of rotatable bonds is 2. The molecule has 0 spiro atoms. The Labute approximate surface area is 81.3 Å². The molecule has 4 heteroatoms. The number of fused-ring (bicyclic) bond motifs is 1. The molecular formula is C8H11ClN2S. The minimum Gasteiger partial charge on any atom is -0.253 e. The Kier molecular flexibility index (Phi) is 2.33. The van der Waals surface area contributed by atoms with E-state index in [0.717, 1.165) is 29.6 Å². The lowest BCUT2D eigenvalue weighted by molar-refractivity contribution is 0.598. The van der Waals surface area contributed by atoms with Crippen molar-refractivity contribution in [2.45, 2.75) is 31.4 Å². The largest absolute Gasteiger partial charge is 0.253 e. The Balaban J connectivity index is 2.34. The summed E-state index contributed by atoms with van der Waals surface area (Å²) in [6, 6.07) is 0. The summed E-state index contributed by atoms with van der Waals surface area (Å²) < 4.78 is 1.92. The van der Waals surface area contributed by atoms with Crippen LogP contribution in [0.2, 0.25) is 5.15 Å². The summed E-state index contributed by atoms with van der Waals surface area (Å²) in [7, 11) is 0. The zero-order valence-corrected chi connectivity index (χ0v) is 8.58. The third-order valence-electron chi connectivity index (χ3n) is 1.99. The Bertz CT molecular complexity index is 295. The van der Waals surface area contributed by atoms with Crippen LogP contribution in [0, 0.1) is 0 Å². The molecule has 0 amide bonds. The fourth-order valence-electron chi connectivity index (χ4n) is 1.39. The van der Waals surface area contributed by atoms with Crippen LogP contribution in [0.4, 0.5) is 0 Å². The number of nitrogens with zero attached hydrogens (tertiary/aromatic N) is 2. The fraction of sp³-hybridized carbons (Fsp3) is 0.625. The maximum Gasteiger partial charge on any atom is 0.131 e. The highest BCUT2D eigenvalue weighted by Crippen LogP contribution is 2.34. The summed E-state index contributed by atoms with van der Waals surface area (Å²) in [4.78, 5) is 0. The Hall–Kier alpha value is -0.150. The van der Waals surface area contributed by atoms with Crippen LogP contribution in [0.1, 0.15) is 24.6 Å². The van der Waals surface area contributed by atoms with Gasteiger partial charge in [0.1, 0.15) is 5.15 Å². The highest BCUT2D eigenvalue weighted by molar-refractivity contribution is 7.98. The predicted molar refractivity (Wildman–Crippen MR) is 52.5 cm³/mol. The van der Waals surface area contributed by atoms with Crippen LogP contribution in [0.15, 0.2) is 0 Å². The molecular weight excluding hydrogens is 192 g/mol. The van der Waals surface area contributed by atoms with Crippen molar-refractivity contribution in [2.75, 3.05) is 0 Å². The van der Waals surface area contributed by atoms with Crippen molar-refractivity contribution < 1.29 is 0 Å². The van der Waals surface area contributed by atoms with Crippen molar-refractivity contribution in [3.8, 4) is 0 Å². The van der Waals surface area contributed by atoms with Gasteiger partial charge in [-0.15, -0.1) is 0 Å². The molecule has 0 aliphatic carbocycles. The molecule has 0 aromatic carbocycles. The molecule has 0 unspecified atom stereocenters. The van der Waals surface area contributed by atoms with Gasteiger partial charge in [-0.1, -0.05) is 18.5 Å². The van der Waals surface area contributed by atoms with E-state index < -0.39 is 0 Å². The minimum atomic E-state index is 0.858. The molecule has 0 saturated carbocycles. The zero-order valence-electron chi connectivity index (χ0n) is 7.01. The summed E-state index contributed by atoms with van der Waals surface area (Å²) in [5.41, 5.74) is 2.45. The van der Waals surface area contributed by atoms with E-state index in [2.05, 4.69) is 12.0 Å². The summed E-state index contributed by atoms with van der Waals surface area (Å²) in [5, 5.41) is 5.30. The Morgan fingerprint density at radius 1 is 1.58 bits per heavy atom. The average molecular weight is 203 g/mol. The normalized spacial score (nSPS) is 15.2. The first-order valence-electron chi connectivity index (χ1n) is 4.14. The molecule has 1 aromatic heterocycles. The second kappa shape index (κ2) is 3.30. The number of halogens is 1. The molecule has 2 heterocycles. The summed E-state index contributed by atoms with van der Waals surface area (Å²) >= 11 is 8.03. The van der Waals surface area contributed by atoms with Gasteiger partial charge in [-0.3, -0.25) is 4.68 Å². The lowest BCUT2D eigenvalue weighted by atomic mass is 10.3. The second-order valence-corrected chi connectivity index (χ2v) is 4.28. The quantitative estimate of drug-likeness (QED) is 0.734. The van der Waals surface area contributed by atoms with E-state index in [1.165, 1.54) is 11.3 Å². The lowest BCUT2D eigenvalue weighted by Crippen LogP contribution is -1.99. The molecule has 0 bridgehead atoms. The Morgan fingerprint density at radius 2 is 2.42 bits per heavy atom. The summed E-state index contributed by atoms with van der Waals surface area (Å²) in [6.45, 7) is 3.08. The monoisotopic (exact) mass is 202 g/mol. The van der Waals surface area contributed by atoms with E-state index in [4.69, 9.17) is 11.6 Å². The van der Waals surface area contributed by atoms with Crippen LogP contribution in [0.5, 0.6) is 0 Å². The van der Waals surface area contributed by atoms with Gasteiger partial charge in [-0.2, -0.15) is 16.9 Å². The number of hydrogen-bond acceptors (Lipinski definition) is 2. The van der Waals surface area contributed by atoms with E-state index in [1.54, 1.807) is 0 Å². The zero-order chi connectivity index (χ0) is 8.55. The van der Waals surface area contributed by atoms with Gasteiger partial charge in [0.25, 0.3) is 0 Å². The van der Waals surface area contributed by atoms with Crippen molar-refractivity contribution in [3.63, 3.8) is 0 Å². The molecule has 0 saturated heterocycles. The lowest BCUT2D eigenvalue weighted by Gasteiger charge is -2.00. The van der Waals surface area contributed by atoms with E-state index in [1.807, 2.05) is 16.4 Å². The van der Waals surface area contributed by atoms with Gasteiger partial charge in [-0.05, 0) is 6.42 Å². The molecule has 0 fully saturated rings. The molecule has 1 aliphatic heterocycles. The maximum atomic E-state index is 6.14. The van der Waals surface area contributed by atoms with Crippen LogP contribution in [-0.2, 0) is 18.1 Å². The Morgan fingerprint density at radius 3 is 3.08 bits per heavy atom. The maximum absolute atomic E-state index is 6.14. The minimum absolute atomic E-state index is 0.858. The first-order valence-corrected chi connectivity index (χ1v) is 5.68. The van der Waals surface area contributed by atoms with Gasteiger partial charge in [0.15, 0.2) is 0 Å².